The van der Waals surface area contributed by atoms with E-state index >= 15 is 0 Å². The van der Waals surface area contributed by atoms with Crippen molar-refractivity contribution in [2.75, 3.05) is 6.61 Å². The van der Waals surface area contributed by atoms with Gasteiger partial charge in [-0.15, -0.1) is 0 Å². The lowest BCUT2D eigenvalue weighted by Gasteiger charge is -2.28. The Balaban J connectivity index is 2.20. The van der Waals surface area contributed by atoms with Crippen LogP contribution in [0.3, 0.4) is 0 Å². The molecule has 0 aliphatic heterocycles. The molecule has 0 saturated heterocycles. The smallest absolute Gasteiger partial charge is 0.320 e. The van der Waals surface area contributed by atoms with Crippen molar-refractivity contribution in [3.05, 3.63) is 97.4 Å². The summed E-state index contributed by atoms with van der Waals surface area (Å²) in [7, 11) is 0. The number of aromatic nitrogens is 2. The summed E-state index contributed by atoms with van der Waals surface area (Å²) in [6.45, 7) is 3.30. The summed E-state index contributed by atoms with van der Waals surface area (Å²) in [6, 6.07) is 14.1. The van der Waals surface area contributed by atoms with Crippen LogP contribution in [-0.2, 0) is 14.9 Å². The topological polar surface area (TPSA) is 104 Å². The van der Waals surface area contributed by atoms with Crippen molar-refractivity contribution < 1.29 is 14.5 Å². The number of nitro groups is 1. The molecule has 1 unspecified atom stereocenters. The van der Waals surface area contributed by atoms with Gasteiger partial charge in [-0.1, -0.05) is 41.9 Å². The molecule has 30 heavy (non-hydrogen) atoms. The molecular formula is C21H18ClN3O5. The maximum Gasteiger partial charge on any atom is 0.320 e. The number of hydrogen-bond acceptors (Lipinski definition) is 6. The standard InChI is InChI=1S/C21H18ClN3O5/c1-3-30-20(27)21(2,14-9-11-16(12-10-14)25(28)29)17-13-23-24(19(26)18(17)22)15-7-5-4-6-8-15/h4-13H,3H2,1-2H3. The maximum atomic E-state index is 13.0. The highest BCUT2D eigenvalue weighted by atomic mass is 35.5. The Labute approximate surface area is 176 Å². The normalized spacial score (nSPS) is 12.8. The molecule has 0 saturated carbocycles. The van der Waals surface area contributed by atoms with E-state index in [9.17, 15) is 19.7 Å². The summed E-state index contributed by atoms with van der Waals surface area (Å²) in [6.07, 6.45) is 1.34. The summed E-state index contributed by atoms with van der Waals surface area (Å²) in [5.41, 5.74) is -1.18. The van der Waals surface area contributed by atoms with Crippen LogP contribution in [0.4, 0.5) is 5.69 Å². The number of carbonyl (C=O) groups excluding carboxylic acids is 1. The van der Waals surface area contributed by atoms with Gasteiger partial charge in [0, 0.05) is 17.7 Å². The van der Waals surface area contributed by atoms with Crippen LogP contribution in [0.25, 0.3) is 5.69 Å². The first-order valence-corrected chi connectivity index (χ1v) is 9.44. The lowest BCUT2D eigenvalue weighted by atomic mass is 9.77. The van der Waals surface area contributed by atoms with Gasteiger partial charge < -0.3 is 4.74 Å². The van der Waals surface area contributed by atoms with E-state index in [2.05, 4.69) is 5.10 Å². The van der Waals surface area contributed by atoms with Gasteiger partial charge in [0.25, 0.3) is 11.2 Å². The summed E-state index contributed by atoms with van der Waals surface area (Å²) in [5.74, 6) is -0.653. The van der Waals surface area contributed by atoms with E-state index in [1.54, 1.807) is 44.2 Å². The molecular weight excluding hydrogens is 410 g/mol. The third-order valence-corrected chi connectivity index (χ3v) is 5.16. The number of carbonyl (C=O) groups is 1. The second-order valence-electron chi connectivity index (χ2n) is 6.57. The highest BCUT2D eigenvalue weighted by Gasteiger charge is 2.42. The van der Waals surface area contributed by atoms with Crippen LogP contribution in [0.2, 0.25) is 5.02 Å². The van der Waals surface area contributed by atoms with E-state index in [0.29, 0.717) is 11.3 Å². The highest BCUT2D eigenvalue weighted by molar-refractivity contribution is 6.31. The van der Waals surface area contributed by atoms with Gasteiger partial charge in [-0.05, 0) is 31.5 Å². The molecule has 0 aliphatic rings. The fraction of sp³-hybridized carbons (Fsp3) is 0.190. The summed E-state index contributed by atoms with van der Waals surface area (Å²) in [4.78, 5) is 36.3. The van der Waals surface area contributed by atoms with Gasteiger partial charge in [0.1, 0.15) is 10.4 Å². The third-order valence-electron chi connectivity index (χ3n) is 4.80. The minimum Gasteiger partial charge on any atom is -0.465 e. The molecule has 0 fully saturated rings. The van der Waals surface area contributed by atoms with Crippen LogP contribution in [0.5, 0.6) is 0 Å². The van der Waals surface area contributed by atoms with Crippen LogP contribution in [0.15, 0.2) is 65.6 Å². The van der Waals surface area contributed by atoms with E-state index < -0.39 is 21.9 Å². The number of ether oxygens (including phenoxy) is 1. The monoisotopic (exact) mass is 427 g/mol. The number of halogens is 1. The van der Waals surface area contributed by atoms with E-state index in [-0.39, 0.29) is 22.9 Å². The molecule has 0 aliphatic carbocycles. The molecule has 3 aromatic rings. The fourth-order valence-electron chi connectivity index (χ4n) is 3.11. The highest BCUT2D eigenvalue weighted by Crippen LogP contribution is 2.36. The third kappa shape index (κ3) is 3.69. The van der Waals surface area contributed by atoms with Gasteiger partial charge in [-0.25, -0.2) is 0 Å². The zero-order chi connectivity index (χ0) is 21.9. The number of para-hydroxylation sites is 1. The van der Waals surface area contributed by atoms with Gasteiger partial charge in [-0.3, -0.25) is 19.7 Å². The first-order valence-electron chi connectivity index (χ1n) is 9.06. The Kier molecular flexibility index (Phi) is 5.98. The molecule has 1 heterocycles. The number of hydrogen-bond donors (Lipinski definition) is 0. The number of benzene rings is 2. The second-order valence-corrected chi connectivity index (χ2v) is 6.95. The summed E-state index contributed by atoms with van der Waals surface area (Å²) in [5, 5.41) is 15.0. The average molecular weight is 428 g/mol. The van der Waals surface area contributed by atoms with Crippen LogP contribution in [-0.4, -0.2) is 27.3 Å². The van der Waals surface area contributed by atoms with Crippen molar-refractivity contribution in [2.45, 2.75) is 19.3 Å². The molecule has 8 nitrogen and oxygen atoms in total. The van der Waals surface area contributed by atoms with Crippen molar-refractivity contribution in [3.63, 3.8) is 0 Å². The fourth-order valence-corrected chi connectivity index (χ4v) is 3.43. The van der Waals surface area contributed by atoms with Gasteiger partial charge in [0.2, 0.25) is 0 Å². The van der Waals surface area contributed by atoms with E-state index in [1.165, 1.54) is 30.5 Å². The average Bonchev–Trinajstić information content (AvgIpc) is 2.76. The maximum absolute atomic E-state index is 13.0. The zero-order valence-electron chi connectivity index (χ0n) is 16.2. The van der Waals surface area contributed by atoms with Crippen molar-refractivity contribution >= 4 is 23.3 Å². The molecule has 0 N–H and O–H groups in total. The minimum atomic E-state index is -1.50. The van der Waals surface area contributed by atoms with Crippen LogP contribution in [0.1, 0.15) is 25.0 Å². The van der Waals surface area contributed by atoms with Crippen molar-refractivity contribution in [3.8, 4) is 5.69 Å². The molecule has 0 radical (unpaired) electrons. The van der Waals surface area contributed by atoms with Crippen LogP contribution >= 0.6 is 11.6 Å². The van der Waals surface area contributed by atoms with E-state index in [0.717, 1.165) is 4.68 Å². The Morgan fingerprint density at radius 2 is 1.83 bits per heavy atom. The number of rotatable bonds is 6. The van der Waals surface area contributed by atoms with Crippen molar-refractivity contribution in [1.29, 1.82) is 0 Å². The first-order chi connectivity index (χ1) is 14.3. The quantitative estimate of drug-likeness (QED) is 0.337. The van der Waals surface area contributed by atoms with E-state index in [4.69, 9.17) is 16.3 Å². The molecule has 0 bridgehead atoms. The molecule has 0 amide bonds. The second kappa shape index (κ2) is 8.46. The number of esters is 1. The van der Waals surface area contributed by atoms with Crippen molar-refractivity contribution in [2.24, 2.45) is 0 Å². The molecule has 1 atom stereocenters. The largest absolute Gasteiger partial charge is 0.465 e. The predicted octanol–water partition coefficient (Wildman–Crippen LogP) is 3.66. The van der Waals surface area contributed by atoms with Crippen LogP contribution in [0, 0.1) is 10.1 Å². The summed E-state index contributed by atoms with van der Waals surface area (Å²) < 4.78 is 6.37. The first kappa shape index (κ1) is 21.2. The van der Waals surface area contributed by atoms with Crippen LogP contribution < -0.4 is 5.56 Å². The van der Waals surface area contributed by atoms with Gasteiger partial charge in [-0.2, -0.15) is 9.78 Å². The minimum absolute atomic E-state index is 0.105. The molecule has 0 spiro atoms. The van der Waals surface area contributed by atoms with Crippen molar-refractivity contribution in [1.82, 2.24) is 9.78 Å². The lowest BCUT2D eigenvalue weighted by molar-refractivity contribution is -0.384. The van der Waals surface area contributed by atoms with Gasteiger partial charge in [0.15, 0.2) is 0 Å². The summed E-state index contributed by atoms with van der Waals surface area (Å²) >= 11 is 6.42. The lowest BCUT2D eigenvalue weighted by Crippen LogP contribution is -2.38. The Hall–Kier alpha value is -3.52. The molecule has 9 heteroatoms. The van der Waals surface area contributed by atoms with Gasteiger partial charge in [0.05, 0.1) is 23.4 Å². The number of nitrogens with zero attached hydrogens (tertiary/aromatic N) is 3. The Morgan fingerprint density at radius 3 is 2.40 bits per heavy atom. The molecule has 2 aromatic carbocycles. The Morgan fingerprint density at radius 1 is 1.20 bits per heavy atom. The van der Waals surface area contributed by atoms with Gasteiger partial charge >= 0.3 is 5.97 Å². The van der Waals surface area contributed by atoms with E-state index in [1.807, 2.05) is 0 Å². The molecule has 154 valence electrons. The number of nitro benzene ring substituents is 1. The zero-order valence-corrected chi connectivity index (χ0v) is 17.0. The predicted molar refractivity (Wildman–Crippen MR) is 111 cm³/mol. The molecule has 1 aromatic heterocycles. The SMILES string of the molecule is CCOC(=O)C(C)(c1ccc([N+](=O)[O-])cc1)c1cnn(-c2ccccc2)c(=O)c1Cl. The Bertz CT molecular complexity index is 1150. The number of non-ortho nitro benzene ring substituents is 1. The molecule has 3 rings (SSSR count).